The zero-order valence-corrected chi connectivity index (χ0v) is 14.0. The zero-order chi connectivity index (χ0) is 17.0. The van der Waals surface area contributed by atoms with Gasteiger partial charge in [0.05, 0.1) is 11.5 Å². The van der Waals surface area contributed by atoms with Gasteiger partial charge in [-0.2, -0.15) is 0 Å². The molecule has 132 valence electrons. The summed E-state index contributed by atoms with van der Waals surface area (Å²) in [6.45, 7) is 1.23. The summed E-state index contributed by atoms with van der Waals surface area (Å²) >= 11 is 0. The Bertz CT molecular complexity index is 565. The van der Waals surface area contributed by atoms with Gasteiger partial charge in [0.1, 0.15) is 5.82 Å². The van der Waals surface area contributed by atoms with E-state index in [1.54, 1.807) is 12.1 Å². The van der Waals surface area contributed by atoms with Crippen molar-refractivity contribution >= 4 is 5.91 Å². The molecule has 1 saturated carbocycles. The highest BCUT2D eigenvalue weighted by atomic mass is 19.1. The Kier molecular flexibility index (Phi) is 5.51. The molecule has 0 bridgehead atoms. The fourth-order valence-electron chi connectivity index (χ4n) is 4.03. The fourth-order valence-corrected chi connectivity index (χ4v) is 4.03. The van der Waals surface area contributed by atoms with E-state index in [-0.39, 0.29) is 24.2 Å². The second-order valence-electron chi connectivity index (χ2n) is 7.03. The first-order valence-corrected chi connectivity index (χ1v) is 8.92. The van der Waals surface area contributed by atoms with Crippen molar-refractivity contribution in [3.8, 4) is 0 Å². The summed E-state index contributed by atoms with van der Waals surface area (Å²) in [6, 6.07) is 6.28. The number of benzene rings is 1. The summed E-state index contributed by atoms with van der Waals surface area (Å²) in [4.78, 5) is 13.0. The van der Waals surface area contributed by atoms with Gasteiger partial charge in [0, 0.05) is 19.8 Å². The van der Waals surface area contributed by atoms with Gasteiger partial charge in [-0.05, 0) is 49.3 Å². The minimum Gasteiger partial charge on any atom is -0.391 e. The van der Waals surface area contributed by atoms with Crippen LogP contribution in [0.1, 0.15) is 44.1 Å². The van der Waals surface area contributed by atoms with Crippen molar-refractivity contribution in [2.45, 2.75) is 50.0 Å². The van der Waals surface area contributed by atoms with Crippen LogP contribution in [0.3, 0.4) is 0 Å². The quantitative estimate of drug-likeness (QED) is 0.869. The van der Waals surface area contributed by atoms with Crippen LogP contribution < -0.4 is 5.32 Å². The van der Waals surface area contributed by atoms with E-state index >= 15 is 0 Å². The normalized spacial score (nSPS) is 22.2. The lowest BCUT2D eigenvalue weighted by molar-refractivity contribution is -0.131. The first-order valence-electron chi connectivity index (χ1n) is 8.92. The molecule has 2 fully saturated rings. The molecular formula is C19H26FNO3. The standard InChI is InChI=1S/C19H26FNO3/c20-16-7-3-6-15(12-16)19(8-10-24-11-9-19)18(23)21-13-17(22)14-4-1-2-5-14/h3,6-7,12,14,17,22H,1-2,4-5,8-11,13H2,(H,21,23). The van der Waals surface area contributed by atoms with Gasteiger partial charge >= 0.3 is 0 Å². The molecule has 1 saturated heterocycles. The maximum atomic E-state index is 13.7. The molecule has 1 aromatic carbocycles. The van der Waals surface area contributed by atoms with Crippen LogP contribution in [0, 0.1) is 11.7 Å². The first-order chi connectivity index (χ1) is 11.6. The number of amides is 1. The van der Waals surface area contributed by atoms with Crippen molar-refractivity contribution in [1.82, 2.24) is 5.32 Å². The molecule has 5 heteroatoms. The Morgan fingerprint density at radius 1 is 1.33 bits per heavy atom. The number of nitrogens with one attached hydrogen (secondary N) is 1. The van der Waals surface area contributed by atoms with Crippen molar-refractivity contribution < 1.29 is 19.0 Å². The van der Waals surface area contributed by atoms with Crippen molar-refractivity contribution in [3.63, 3.8) is 0 Å². The second kappa shape index (κ2) is 7.62. The molecule has 0 aromatic heterocycles. The number of carbonyl (C=O) groups is 1. The van der Waals surface area contributed by atoms with Gasteiger partial charge in [-0.15, -0.1) is 0 Å². The molecule has 1 amide bonds. The monoisotopic (exact) mass is 335 g/mol. The highest BCUT2D eigenvalue weighted by molar-refractivity contribution is 5.88. The van der Waals surface area contributed by atoms with Gasteiger partial charge < -0.3 is 15.2 Å². The molecule has 1 heterocycles. The Morgan fingerprint density at radius 2 is 2.04 bits per heavy atom. The van der Waals surface area contributed by atoms with Gasteiger partial charge in [-0.3, -0.25) is 4.79 Å². The predicted octanol–water partition coefficient (Wildman–Crippen LogP) is 2.54. The van der Waals surface area contributed by atoms with Crippen LogP contribution >= 0.6 is 0 Å². The van der Waals surface area contributed by atoms with E-state index in [9.17, 15) is 14.3 Å². The minimum absolute atomic E-state index is 0.131. The lowest BCUT2D eigenvalue weighted by Crippen LogP contribution is -2.50. The van der Waals surface area contributed by atoms with Gasteiger partial charge in [0.15, 0.2) is 0 Å². The Labute approximate surface area is 142 Å². The molecule has 2 N–H and O–H groups in total. The summed E-state index contributed by atoms with van der Waals surface area (Å²) in [7, 11) is 0. The van der Waals surface area contributed by atoms with Crippen molar-refractivity contribution in [2.75, 3.05) is 19.8 Å². The number of hydrogen-bond acceptors (Lipinski definition) is 3. The maximum Gasteiger partial charge on any atom is 0.230 e. The number of halogens is 1. The van der Waals surface area contributed by atoms with E-state index in [4.69, 9.17) is 4.74 Å². The summed E-state index contributed by atoms with van der Waals surface area (Å²) < 4.78 is 19.1. The molecule has 2 aliphatic rings. The van der Waals surface area contributed by atoms with Gasteiger partial charge in [0.2, 0.25) is 5.91 Å². The molecule has 1 atom stereocenters. The number of carbonyl (C=O) groups excluding carboxylic acids is 1. The Morgan fingerprint density at radius 3 is 2.71 bits per heavy atom. The van der Waals surface area contributed by atoms with E-state index in [2.05, 4.69) is 5.32 Å². The van der Waals surface area contributed by atoms with Crippen LogP contribution in [0.5, 0.6) is 0 Å². The van der Waals surface area contributed by atoms with Crippen molar-refractivity contribution in [3.05, 3.63) is 35.6 Å². The number of rotatable bonds is 5. The van der Waals surface area contributed by atoms with Crippen molar-refractivity contribution in [2.24, 2.45) is 5.92 Å². The molecular weight excluding hydrogens is 309 g/mol. The molecule has 3 rings (SSSR count). The topological polar surface area (TPSA) is 58.6 Å². The van der Waals surface area contributed by atoms with Crippen LogP contribution in [0.2, 0.25) is 0 Å². The highest BCUT2D eigenvalue weighted by Crippen LogP contribution is 2.35. The minimum atomic E-state index is -0.768. The second-order valence-corrected chi connectivity index (χ2v) is 7.03. The van der Waals surface area contributed by atoms with E-state index in [0.717, 1.165) is 25.7 Å². The summed E-state index contributed by atoms with van der Waals surface area (Å²) in [5.41, 5.74) is -0.0749. The van der Waals surface area contributed by atoms with Crippen molar-refractivity contribution in [1.29, 1.82) is 0 Å². The summed E-state index contributed by atoms with van der Waals surface area (Å²) in [6.07, 6.45) is 4.92. The van der Waals surface area contributed by atoms with Gasteiger partial charge in [-0.1, -0.05) is 25.0 Å². The summed E-state index contributed by atoms with van der Waals surface area (Å²) in [5, 5.41) is 13.2. The number of ether oxygens (including phenoxy) is 1. The van der Waals surface area contributed by atoms with Crippen LogP contribution in [0.15, 0.2) is 24.3 Å². The SMILES string of the molecule is O=C(NCC(O)C1CCCC1)C1(c2cccc(F)c2)CCOCC1. The third kappa shape index (κ3) is 3.62. The molecule has 24 heavy (non-hydrogen) atoms. The maximum absolute atomic E-state index is 13.7. The van der Waals surface area contributed by atoms with Crippen LogP contribution in [0.4, 0.5) is 4.39 Å². The smallest absolute Gasteiger partial charge is 0.230 e. The molecule has 1 aliphatic heterocycles. The molecule has 1 unspecified atom stereocenters. The number of aliphatic hydroxyl groups excluding tert-OH is 1. The van der Waals surface area contributed by atoms with Gasteiger partial charge in [0.25, 0.3) is 0 Å². The van der Waals surface area contributed by atoms with Crippen LogP contribution in [-0.2, 0) is 14.9 Å². The van der Waals surface area contributed by atoms with E-state index in [0.29, 0.717) is 31.6 Å². The van der Waals surface area contributed by atoms with Crippen LogP contribution in [-0.4, -0.2) is 36.9 Å². The summed E-state index contributed by atoms with van der Waals surface area (Å²) in [5.74, 6) is -0.185. The number of hydrogen-bond donors (Lipinski definition) is 2. The molecule has 1 aromatic rings. The average Bonchev–Trinajstić information content (AvgIpc) is 3.14. The molecule has 0 radical (unpaired) electrons. The largest absolute Gasteiger partial charge is 0.391 e. The van der Waals surface area contributed by atoms with E-state index in [1.807, 2.05) is 0 Å². The third-order valence-electron chi connectivity index (χ3n) is 5.57. The Balaban J connectivity index is 1.72. The van der Waals surface area contributed by atoms with E-state index in [1.165, 1.54) is 12.1 Å². The number of aliphatic hydroxyl groups is 1. The first kappa shape index (κ1) is 17.4. The third-order valence-corrected chi connectivity index (χ3v) is 5.57. The zero-order valence-electron chi connectivity index (χ0n) is 14.0. The molecule has 1 aliphatic carbocycles. The fraction of sp³-hybridized carbons (Fsp3) is 0.632. The lowest BCUT2D eigenvalue weighted by Gasteiger charge is -2.36. The Hall–Kier alpha value is -1.46. The average molecular weight is 335 g/mol. The molecule has 0 spiro atoms. The molecule has 4 nitrogen and oxygen atoms in total. The highest BCUT2D eigenvalue weighted by Gasteiger charge is 2.42. The predicted molar refractivity (Wildman–Crippen MR) is 89.1 cm³/mol. The van der Waals surface area contributed by atoms with Crippen LogP contribution in [0.25, 0.3) is 0 Å². The van der Waals surface area contributed by atoms with Gasteiger partial charge in [-0.25, -0.2) is 4.39 Å². The van der Waals surface area contributed by atoms with E-state index < -0.39 is 11.5 Å². The lowest BCUT2D eigenvalue weighted by atomic mass is 9.73.